The molecule has 0 bridgehead atoms. The largest absolute Gasteiger partial charge is 0.481 e. The quantitative estimate of drug-likeness (QED) is 0.580. The third-order valence-electron chi connectivity index (χ3n) is 3.50. The zero-order valence-corrected chi connectivity index (χ0v) is 13.8. The van der Waals surface area contributed by atoms with Crippen LogP contribution in [0.2, 0.25) is 0 Å². The molecule has 0 aliphatic rings. The van der Waals surface area contributed by atoms with Crippen LogP contribution in [0.15, 0.2) is 48.5 Å². The third-order valence-corrected chi connectivity index (χ3v) is 3.50. The molecule has 2 N–H and O–H groups in total. The minimum Gasteiger partial charge on any atom is -0.481 e. The van der Waals surface area contributed by atoms with Crippen molar-refractivity contribution in [2.75, 3.05) is 19.7 Å². The van der Waals surface area contributed by atoms with E-state index in [4.69, 9.17) is 11.2 Å². The van der Waals surface area contributed by atoms with Gasteiger partial charge in [-0.2, -0.15) is 0 Å². The molecule has 2 aromatic carbocycles. The monoisotopic (exact) mass is 322 g/mol. The first-order valence-electron chi connectivity index (χ1n) is 7.90. The van der Waals surface area contributed by atoms with Crippen LogP contribution in [-0.2, 0) is 6.54 Å². The Bertz CT molecular complexity index is 702. The number of hydrogen-bond donors (Lipinski definition) is 2. The van der Waals surface area contributed by atoms with Gasteiger partial charge in [0.25, 0.3) is 5.91 Å². The molecule has 0 aliphatic heterocycles. The minimum atomic E-state index is -0.0606. The van der Waals surface area contributed by atoms with E-state index in [1.54, 1.807) is 0 Å². The zero-order chi connectivity index (χ0) is 17.2. The van der Waals surface area contributed by atoms with E-state index in [1.165, 1.54) is 0 Å². The number of para-hydroxylation sites is 1. The van der Waals surface area contributed by atoms with Crippen molar-refractivity contribution in [3.8, 4) is 18.1 Å². The van der Waals surface area contributed by atoms with Crippen molar-refractivity contribution < 1.29 is 9.53 Å². The highest BCUT2D eigenvalue weighted by atomic mass is 16.5. The molecule has 4 nitrogen and oxygen atoms in total. The fourth-order valence-electron chi connectivity index (χ4n) is 2.20. The maximum absolute atomic E-state index is 12.0. The fraction of sp³-hybridized carbons (Fsp3) is 0.250. The van der Waals surface area contributed by atoms with Crippen LogP contribution >= 0.6 is 0 Å². The van der Waals surface area contributed by atoms with Crippen LogP contribution in [0.25, 0.3) is 0 Å². The molecule has 2 rings (SSSR count). The number of rotatable bonds is 8. The molecule has 0 atom stereocenters. The first-order chi connectivity index (χ1) is 11.7. The van der Waals surface area contributed by atoms with Crippen molar-refractivity contribution in [3.05, 3.63) is 65.2 Å². The van der Waals surface area contributed by atoms with Crippen LogP contribution in [0.1, 0.15) is 21.5 Å². The summed E-state index contributed by atoms with van der Waals surface area (Å²) in [7, 11) is 0. The second kappa shape index (κ2) is 9.39. The topological polar surface area (TPSA) is 50.4 Å². The predicted octanol–water partition coefficient (Wildman–Crippen LogP) is 2.53. The number of hydrogen-bond acceptors (Lipinski definition) is 3. The van der Waals surface area contributed by atoms with Gasteiger partial charge in [-0.25, -0.2) is 0 Å². The Kier molecular flexibility index (Phi) is 6.88. The molecule has 0 heterocycles. The van der Waals surface area contributed by atoms with Crippen molar-refractivity contribution in [3.63, 3.8) is 0 Å². The average Bonchev–Trinajstić information content (AvgIpc) is 2.61. The van der Waals surface area contributed by atoms with Gasteiger partial charge >= 0.3 is 0 Å². The number of carbonyl (C=O) groups excluding carboxylic acids is 1. The molecule has 24 heavy (non-hydrogen) atoms. The highest BCUT2D eigenvalue weighted by Crippen LogP contribution is 2.17. The maximum Gasteiger partial charge on any atom is 0.251 e. The molecule has 0 saturated carbocycles. The lowest BCUT2D eigenvalue weighted by molar-refractivity contribution is 0.0954. The first kappa shape index (κ1) is 17.6. The van der Waals surface area contributed by atoms with E-state index in [1.807, 2.05) is 55.5 Å². The number of aryl methyl sites for hydroxylation is 1. The Morgan fingerprint density at radius 1 is 1.12 bits per heavy atom. The summed E-state index contributed by atoms with van der Waals surface area (Å²) in [5, 5.41) is 6.18. The summed E-state index contributed by atoms with van der Waals surface area (Å²) in [5.41, 5.74) is 2.85. The standard InChI is InChI=1S/C20H22N2O2/c1-3-14-24-19-7-5-4-6-18(19)15-21-12-13-22-20(23)17-10-8-16(2)9-11-17/h1,4-11,21H,12-15H2,2H3,(H,22,23). The van der Waals surface area contributed by atoms with E-state index in [9.17, 15) is 4.79 Å². The highest BCUT2D eigenvalue weighted by molar-refractivity contribution is 5.94. The summed E-state index contributed by atoms with van der Waals surface area (Å²) in [6.07, 6.45) is 5.22. The Balaban J connectivity index is 1.72. The van der Waals surface area contributed by atoms with E-state index in [-0.39, 0.29) is 12.5 Å². The van der Waals surface area contributed by atoms with E-state index in [2.05, 4.69) is 16.6 Å². The van der Waals surface area contributed by atoms with Gasteiger partial charge in [-0.15, -0.1) is 6.42 Å². The summed E-state index contributed by atoms with van der Waals surface area (Å²) in [6.45, 7) is 4.13. The van der Waals surface area contributed by atoms with Crippen LogP contribution in [0.3, 0.4) is 0 Å². The lowest BCUT2D eigenvalue weighted by Gasteiger charge is -2.11. The van der Waals surface area contributed by atoms with Gasteiger partial charge in [0.05, 0.1) is 0 Å². The summed E-state index contributed by atoms with van der Waals surface area (Å²) in [6, 6.07) is 15.3. The fourth-order valence-corrected chi connectivity index (χ4v) is 2.20. The molecule has 0 radical (unpaired) electrons. The van der Waals surface area contributed by atoms with Gasteiger partial charge in [-0.1, -0.05) is 41.8 Å². The van der Waals surface area contributed by atoms with E-state index in [0.29, 0.717) is 25.2 Å². The molecular formula is C20H22N2O2. The Morgan fingerprint density at radius 2 is 1.88 bits per heavy atom. The zero-order valence-electron chi connectivity index (χ0n) is 13.8. The molecule has 0 spiro atoms. The molecule has 0 aromatic heterocycles. The molecule has 4 heteroatoms. The molecule has 0 unspecified atom stereocenters. The Hall–Kier alpha value is -2.77. The van der Waals surface area contributed by atoms with Crippen LogP contribution in [0.4, 0.5) is 0 Å². The van der Waals surface area contributed by atoms with Gasteiger partial charge in [0, 0.05) is 30.8 Å². The van der Waals surface area contributed by atoms with Crippen molar-refractivity contribution >= 4 is 5.91 Å². The average molecular weight is 322 g/mol. The summed E-state index contributed by atoms with van der Waals surface area (Å²) >= 11 is 0. The molecule has 0 saturated heterocycles. The van der Waals surface area contributed by atoms with Crippen LogP contribution in [0, 0.1) is 19.3 Å². The lowest BCUT2D eigenvalue weighted by Crippen LogP contribution is -2.31. The van der Waals surface area contributed by atoms with Crippen molar-refractivity contribution in [2.24, 2.45) is 0 Å². The number of nitrogens with one attached hydrogen (secondary N) is 2. The number of terminal acetylenes is 1. The van der Waals surface area contributed by atoms with Gasteiger partial charge in [0.1, 0.15) is 12.4 Å². The maximum atomic E-state index is 12.0. The lowest BCUT2D eigenvalue weighted by atomic mass is 10.1. The number of amides is 1. The molecule has 0 aliphatic carbocycles. The smallest absolute Gasteiger partial charge is 0.251 e. The van der Waals surface area contributed by atoms with Crippen molar-refractivity contribution in [1.29, 1.82) is 0 Å². The van der Waals surface area contributed by atoms with Crippen molar-refractivity contribution in [1.82, 2.24) is 10.6 Å². The van der Waals surface area contributed by atoms with Crippen LogP contribution < -0.4 is 15.4 Å². The second-order valence-corrected chi connectivity index (χ2v) is 5.40. The number of ether oxygens (including phenoxy) is 1. The summed E-state index contributed by atoms with van der Waals surface area (Å²) in [4.78, 5) is 12.0. The SMILES string of the molecule is C#CCOc1ccccc1CNCCNC(=O)c1ccc(C)cc1. The number of benzene rings is 2. The summed E-state index contributed by atoms with van der Waals surface area (Å²) in [5.74, 6) is 3.18. The first-order valence-corrected chi connectivity index (χ1v) is 7.90. The summed E-state index contributed by atoms with van der Waals surface area (Å²) < 4.78 is 5.50. The van der Waals surface area contributed by atoms with Crippen LogP contribution in [-0.4, -0.2) is 25.6 Å². The van der Waals surface area contributed by atoms with Gasteiger partial charge in [0.15, 0.2) is 0 Å². The van der Waals surface area contributed by atoms with Gasteiger partial charge < -0.3 is 15.4 Å². The third kappa shape index (κ3) is 5.45. The van der Waals surface area contributed by atoms with E-state index in [0.717, 1.165) is 16.9 Å². The van der Waals surface area contributed by atoms with Crippen LogP contribution in [0.5, 0.6) is 5.75 Å². The molecule has 2 aromatic rings. The van der Waals surface area contributed by atoms with Gasteiger partial charge in [-0.05, 0) is 25.1 Å². The Labute approximate surface area is 143 Å². The van der Waals surface area contributed by atoms with Gasteiger partial charge in [0.2, 0.25) is 0 Å². The predicted molar refractivity (Wildman–Crippen MR) is 96.0 cm³/mol. The van der Waals surface area contributed by atoms with E-state index >= 15 is 0 Å². The van der Waals surface area contributed by atoms with Crippen molar-refractivity contribution in [2.45, 2.75) is 13.5 Å². The minimum absolute atomic E-state index is 0.0606. The highest BCUT2D eigenvalue weighted by Gasteiger charge is 2.04. The van der Waals surface area contributed by atoms with Gasteiger partial charge in [-0.3, -0.25) is 4.79 Å². The van der Waals surface area contributed by atoms with E-state index < -0.39 is 0 Å². The second-order valence-electron chi connectivity index (χ2n) is 5.40. The molecule has 0 fully saturated rings. The Morgan fingerprint density at radius 3 is 2.62 bits per heavy atom. The number of carbonyl (C=O) groups is 1. The normalized spacial score (nSPS) is 10.0. The molecule has 1 amide bonds. The molecule has 124 valence electrons. The molecular weight excluding hydrogens is 300 g/mol.